The number of hydrogen-bond donors (Lipinski definition) is 1. The quantitative estimate of drug-likeness (QED) is 0.274. The third-order valence-electron chi connectivity index (χ3n) is 10.4. The molecule has 0 saturated carbocycles. The molecule has 0 radical (unpaired) electrons. The van der Waals surface area contributed by atoms with Gasteiger partial charge in [0.25, 0.3) is 5.56 Å². The van der Waals surface area contributed by atoms with Gasteiger partial charge in [-0.15, -0.1) is 0 Å². The van der Waals surface area contributed by atoms with Gasteiger partial charge < -0.3 is 14.7 Å². The van der Waals surface area contributed by atoms with E-state index in [0.717, 1.165) is 65.8 Å². The average molecular weight is 581 g/mol. The van der Waals surface area contributed by atoms with E-state index in [2.05, 4.69) is 42.7 Å². The summed E-state index contributed by atoms with van der Waals surface area (Å²) in [7, 11) is 0. The molecule has 0 aliphatic carbocycles. The van der Waals surface area contributed by atoms with Crippen LogP contribution in [0.25, 0.3) is 27.2 Å². The van der Waals surface area contributed by atoms with Crippen molar-refractivity contribution in [2.24, 2.45) is 11.8 Å². The molecule has 7 heteroatoms. The maximum Gasteiger partial charge on any atom is 0.279 e. The minimum Gasteiger partial charge on any atom is -0.508 e. The van der Waals surface area contributed by atoms with Crippen LogP contribution in [0.2, 0.25) is 0 Å². The highest BCUT2D eigenvalue weighted by Crippen LogP contribution is 2.40. The smallest absolute Gasteiger partial charge is 0.279 e. The Morgan fingerprint density at radius 3 is 2.44 bits per heavy atom. The number of aromatic hydroxyl groups is 1. The van der Waals surface area contributed by atoms with Gasteiger partial charge in [-0.3, -0.25) is 9.69 Å². The number of benzene rings is 3. The van der Waals surface area contributed by atoms with E-state index >= 15 is 0 Å². The molecule has 7 rings (SSSR count). The van der Waals surface area contributed by atoms with Crippen molar-refractivity contribution in [3.63, 3.8) is 0 Å². The van der Waals surface area contributed by atoms with Crippen molar-refractivity contribution in [3.8, 4) is 17.2 Å². The minimum atomic E-state index is -0.195. The van der Waals surface area contributed by atoms with Crippen LogP contribution in [0.4, 0.5) is 5.69 Å². The lowest BCUT2D eigenvalue weighted by Gasteiger charge is -2.32. The zero-order valence-corrected chi connectivity index (χ0v) is 25.8. The van der Waals surface area contributed by atoms with Gasteiger partial charge in [-0.2, -0.15) is 9.78 Å². The number of ether oxygens (including phenoxy) is 1. The molecule has 1 N–H and O–H groups in total. The Hall–Kier alpha value is -3.58. The van der Waals surface area contributed by atoms with Crippen molar-refractivity contribution in [1.29, 1.82) is 0 Å². The summed E-state index contributed by atoms with van der Waals surface area (Å²) in [5.74, 6) is 2.00. The van der Waals surface area contributed by atoms with Gasteiger partial charge in [-0.1, -0.05) is 39.0 Å². The van der Waals surface area contributed by atoms with Crippen molar-refractivity contribution in [1.82, 2.24) is 14.7 Å². The fourth-order valence-electron chi connectivity index (χ4n) is 8.10. The Morgan fingerprint density at radius 1 is 0.977 bits per heavy atom. The number of aromatic nitrogens is 2. The molecule has 4 heterocycles. The van der Waals surface area contributed by atoms with E-state index in [-0.39, 0.29) is 16.8 Å². The Bertz CT molecular complexity index is 1710. The molecule has 3 fully saturated rings. The Balaban J connectivity index is 1.39. The highest BCUT2D eigenvalue weighted by molar-refractivity contribution is 5.97. The molecule has 0 amide bonds. The lowest BCUT2D eigenvalue weighted by atomic mass is 9.95. The average Bonchev–Trinajstić information content (AvgIpc) is 3.53. The first-order valence-corrected chi connectivity index (χ1v) is 16.3. The lowest BCUT2D eigenvalue weighted by Crippen LogP contribution is -2.43. The van der Waals surface area contributed by atoms with E-state index in [4.69, 9.17) is 9.84 Å². The van der Waals surface area contributed by atoms with Crippen LogP contribution in [0.1, 0.15) is 64.9 Å². The van der Waals surface area contributed by atoms with E-state index < -0.39 is 0 Å². The summed E-state index contributed by atoms with van der Waals surface area (Å²) in [6, 6.07) is 13.6. The highest BCUT2D eigenvalue weighted by atomic mass is 16.5. The molecule has 226 valence electrons. The molecule has 7 nitrogen and oxygen atoms in total. The first-order chi connectivity index (χ1) is 20.8. The van der Waals surface area contributed by atoms with Gasteiger partial charge in [0.2, 0.25) is 0 Å². The number of phenols is 1. The van der Waals surface area contributed by atoms with Crippen LogP contribution in [-0.4, -0.2) is 58.1 Å². The predicted octanol–water partition coefficient (Wildman–Crippen LogP) is 6.69. The van der Waals surface area contributed by atoms with Gasteiger partial charge in [0, 0.05) is 36.0 Å². The summed E-state index contributed by atoms with van der Waals surface area (Å²) in [6.07, 6.45) is 9.87. The van der Waals surface area contributed by atoms with Crippen molar-refractivity contribution in [3.05, 3.63) is 64.6 Å². The second kappa shape index (κ2) is 11.2. The number of fused-ring (bicyclic) bond motifs is 3. The van der Waals surface area contributed by atoms with Gasteiger partial charge in [-0.25, -0.2) is 0 Å². The van der Waals surface area contributed by atoms with Crippen LogP contribution in [0.5, 0.6) is 11.5 Å². The van der Waals surface area contributed by atoms with Crippen molar-refractivity contribution < 1.29 is 9.84 Å². The molecule has 43 heavy (non-hydrogen) atoms. The maximum absolute atomic E-state index is 14.4. The Morgan fingerprint density at radius 2 is 1.72 bits per heavy atom. The van der Waals surface area contributed by atoms with Crippen LogP contribution in [0, 0.1) is 11.8 Å². The zero-order chi connectivity index (χ0) is 29.7. The number of hydrogen-bond acceptors (Lipinski definition) is 6. The first-order valence-electron chi connectivity index (χ1n) is 16.3. The maximum atomic E-state index is 14.4. The number of phenolic OH excluding ortho intramolecular Hbond substituents is 1. The topological polar surface area (TPSA) is 70.8 Å². The zero-order valence-electron chi connectivity index (χ0n) is 25.8. The normalized spacial score (nSPS) is 22.3. The summed E-state index contributed by atoms with van der Waals surface area (Å²) >= 11 is 0. The largest absolute Gasteiger partial charge is 0.508 e. The molecule has 0 spiro atoms. The second-order valence-electron chi connectivity index (χ2n) is 13.5. The fraction of sp³-hybridized carbons (Fsp3) is 0.500. The number of rotatable bonds is 6. The summed E-state index contributed by atoms with van der Waals surface area (Å²) < 4.78 is 8.14. The third kappa shape index (κ3) is 5.05. The molecule has 3 aliphatic heterocycles. The summed E-state index contributed by atoms with van der Waals surface area (Å²) in [4.78, 5) is 19.5. The Kier molecular flexibility index (Phi) is 7.32. The standard InChI is InChI=1S/C36H44N4O3/c1-4-26-8-5-9-27-16-28(41)17-33(34(26)27)40-35(42)30-18-29(43-23-36-12-6-14-39(36)15-7-13-36)19-32(31(30)20-37-40)38-21-24(2)10-11-25(3)22-38/h5,8-9,16-20,24-25,41H,4,6-7,10-15,21-23H2,1-3H3. The Labute approximate surface area is 254 Å². The van der Waals surface area contributed by atoms with Gasteiger partial charge in [0.05, 0.1) is 28.5 Å². The SMILES string of the molecule is CCc1cccc2cc(O)cc(-n3ncc4c(N5CC(C)CCC(C)C5)cc(OCC56CCCN5CCC6)cc4c3=O)c12. The molecule has 3 aliphatic rings. The molecule has 2 atom stereocenters. The number of aryl methyl sites for hydroxylation is 1. The van der Waals surface area contributed by atoms with Crippen LogP contribution in [0.3, 0.4) is 0 Å². The van der Waals surface area contributed by atoms with Crippen LogP contribution in [0.15, 0.2) is 53.5 Å². The number of anilines is 1. The lowest BCUT2D eigenvalue weighted by molar-refractivity contribution is 0.114. The van der Waals surface area contributed by atoms with E-state index in [1.54, 1.807) is 12.1 Å². The van der Waals surface area contributed by atoms with Crippen molar-refractivity contribution >= 4 is 27.2 Å². The number of nitrogens with zero attached hydrogens (tertiary/aromatic N) is 4. The molecular formula is C36H44N4O3. The molecular weight excluding hydrogens is 536 g/mol. The minimum absolute atomic E-state index is 0.117. The third-order valence-corrected chi connectivity index (χ3v) is 10.4. The summed E-state index contributed by atoms with van der Waals surface area (Å²) in [5, 5.41) is 18.7. The summed E-state index contributed by atoms with van der Waals surface area (Å²) in [6.45, 7) is 11.6. The molecule has 1 aromatic heterocycles. The first kappa shape index (κ1) is 28.2. The van der Waals surface area contributed by atoms with Crippen molar-refractivity contribution in [2.75, 3.05) is 37.7 Å². The molecule has 2 unspecified atom stereocenters. The van der Waals surface area contributed by atoms with E-state index in [0.29, 0.717) is 29.5 Å². The fourth-order valence-corrected chi connectivity index (χ4v) is 8.10. The summed E-state index contributed by atoms with van der Waals surface area (Å²) in [5.41, 5.74) is 2.68. The van der Waals surface area contributed by atoms with Crippen LogP contribution >= 0.6 is 0 Å². The van der Waals surface area contributed by atoms with E-state index in [9.17, 15) is 9.90 Å². The van der Waals surface area contributed by atoms with Gasteiger partial charge in [0.15, 0.2) is 0 Å². The molecule has 3 aromatic carbocycles. The molecule has 3 saturated heterocycles. The van der Waals surface area contributed by atoms with E-state index in [1.807, 2.05) is 24.4 Å². The van der Waals surface area contributed by atoms with Crippen LogP contribution < -0.4 is 15.2 Å². The second-order valence-corrected chi connectivity index (χ2v) is 13.5. The van der Waals surface area contributed by atoms with Gasteiger partial charge >= 0.3 is 0 Å². The predicted molar refractivity (Wildman–Crippen MR) is 174 cm³/mol. The van der Waals surface area contributed by atoms with Gasteiger partial charge in [-0.05, 0) is 93.0 Å². The monoisotopic (exact) mass is 580 g/mol. The molecule has 4 aromatic rings. The van der Waals surface area contributed by atoms with Crippen LogP contribution in [-0.2, 0) is 6.42 Å². The highest BCUT2D eigenvalue weighted by Gasteiger charge is 2.44. The van der Waals surface area contributed by atoms with E-state index in [1.165, 1.54) is 43.2 Å². The van der Waals surface area contributed by atoms with Crippen molar-refractivity contribution in [2.45, 2.75) is 71.3 Å². The molecule has 0 bridgehead atoms. The van der Waals surface area contributed by atoms with Gasteiger partial charge in [0.1, 0.15) is 18.1 Å².